The normalized spacial score (nSPS) is 11.8. The van der Waals surface area contributed by atoms with Gasteiger partial charge in [-0.15, -0.1) is 0 Å². The Kier molecular flexibility index (Phi) is 3.22. The van der Waals surface area contributed by atoms with E-state index in [2.05, 4.69) is 12.6 Å². The SMILES string of the molecule is CC(C)C(C)(C)OC(=O)S. The Morgan fingerprint density at radius 2 is 1.90 bits per heavy atom. The molecule has 0 aromatic heterocycles. The minimum atomic E-state index is -0.515. The third-order valence-corrected chi connectivity index (χ3v) is 1.83. The number of ether oxygens (including phenoxy) is 1. The molecule has 3 heteroatoms. The number of rotatable bonds is 2. The molecule has 0 aromatic carbocycles. The van der Waals surface area contributed by atoms with Gasteiger partial charge in [-0.3, -0.25) is 0 Å². The molecule has 0 spiro atoms. The average molecular weight is 162 g/mol. The molecule has 0 radical (unpaired) electrons. The Morgan fingerprint density at radius 3 is 2.00 bits per heavy atom. The quantitative estimate of drug-likeness (QED) is 0.498. The second kappa shape index (κ2) is 3.28. The zero-order chi connectivity index (χ0) is 8.36. The standard InChI is InChI=1S/C7H14O2S/c1-5(2)7(3,4)9-6(8)10/h5H,1-4H3,(H,8,10). The lowest BCUT2D eigenvalue weighted by atomic mass is 9.95. The summed E-state index contributed by atoms with van der Waals surface area (Å²) in [6.07, 6.45) is 0. The molecule has 0 unspecified atom stereocenters. The van der Waals surface area contributed by atoms with Crippen molar-refractivity contribution in [3.63, 3.8) is 0 Å². The van der Waals surface area contributed by atoms with Crippen molar-refractivity contribution in [2.24, 2.45) is 5.92 Å². The van der Waals surface area contributed by atoms with Crippen molar-refractivity contribution in [2.45, 2.75) is 33.3 Å². The number of thiol groups is 1. The highest BCUT2D eigenvalue weighted by Crippen LogP contribution is 2.20. The predicted octanol–water partition coefficient (Wildman–Crippen LogP) is 2.49. The third-order valence-electron chi connectivity index (χ3n) is 1.74. The van der Waals surface area contributed by atoms with E-state index in [1.807, 2.05) is 27.7 Å². The number of hydrogen-bond acceptors (Lipinski definition) is 2. The first-order valence-electron chi connectivity index (χ1n) is 3.28. The lowest BCUT2D eigenvalue weighted by Gasteiger charge is -2.27. The molecule has 10 heavy (non-hydrogen) atoms. The van der Waals surface area contributed by atoms with Crippen LogP contribution in [0, 0.1) is 5.92 Å². The van der Waals surface area contributed by atoms with Gasteiger partial charge in [-0.05, 0) is 19.8 Å². The Bertz CT molecular complexity index is 130. The summed E-state index contributed by atoms with van der Waals surface area (Å²) in [5.74, 6) is 0.309. The summed E-state index contributed by atoms with van der Waals surface area (Å²) < 4.78 is 4.92. The molecule has 0 saturated carbocycles. The van der Waals surface area contributed by atoms with Crippen molar-refractivity contribution in [1.82, 2.24) is 0 Å². The highest BCUT2D eigenvalue weighted by Gasteiger charge is 2.25. The first-order valence-corrected chi connectivity index (χ1v) is 3.73. The van der Waals surface area contributed by atoms with Gasteiger partial charge in [0.25, 0.3) is 0 Å². The Morgan fingerprint density at radius 1 is 1.50 bits per heavy atom. The summed E-state index contributed by atoms with van der Waals surface area (Å²) in [5, 5.41) is -0.515. The summed E-state index contributed by atoms with van der Waals surface area (Å²) in [6.45, 7) is 7.73. The molecule has 0 aliphatic carbocycles. The van der Waals surface area contributed by atoms with Crippen LogP contribution in [0.15, 0.2) is 0 Å². The topological polar surface area (TPSA) is 26.3 Å². The highest BCUT2D eigenvalue weighted by molar-refractivity contribution is 7.96. The Balaban J connectivity index is 3.99. The summed E-state index contributed by atoms with van der Waals surface area (Å²) in [6, 6.07) is 0. The van der Waals surface area contributed by atoms with Gasteiger partial charge in [0, 0.05) is 0 Å². The van der Waals surface area contributed by atoms with Crippen molar-refractivity contribution < 1.29 is 9.53 Å². The largest absolute Gasteiger partial charge is 0.451 e. The van der Waals surface area contributed by atoms with E-state index in [4.69, 9.17) is 4.74 Å². The fourth-order valence-electron chi connectivity index (χ4n) is 0.343. The number of carbonyl (C=O) groups excluding carboxylic acids is 1. The van der Waals surface area contributed by atoms with Crippen LogP contribution in [0.4, 0.5) is 4.79 Å². The molecule has 0 aliphatic heterocycles. The fraction of sp³-hybridized carbons (Fsp3) is 0.857. The first kappa shape index (κ1) is 9.82. The van der Waals surface area contributed by atoms with E-state index in [0.717, 1.165) is 0 Å². The van der Waals surface area contributed by atoms with Gasteiger partial charge in [0.15, 0.2) is 0 Å². The van der Waals surface area contributed by atoms with Crippen LogP contribution >= 0.6 is 12.6 Å². The average Bonchev–Trinajstić information content (AvgIpc) is 1.60. The van der Waals surface area contributed by atoms with Gasteiger partial charge in [0.05, 0.1) is 0 Å². The molecule has 0 heterocycles. The zero-order valence-electron chi connectivity index (χ0n) is 6.84. The molecule has 0 bridgehead atoms. The second-order valence-electron chi connectivity index (χ2n) is 3.13. The van der Waals surface area contributed by atoms with Crippen LogP contribution in [0.2, 0.25) is 0 Å². The summed E-state index contributed by atoms with van der Waals surface area (Å²) in [4.78, 5) is 10.4. The van der Waals surface area contributed by atoms with Gasteiger partial charge >= 0.3 is 5.30 Å². The molecule has 2 nitrogen and oxygen atoms in total. The number of hydrogen-bond donors (Lipinski definition) is 1. The van der Waals surface area contributed by atoms with Crippen LogP contribution < -0.4 is 0 Å². The monoisotopic (exact) mass is 162 g/mol. The lowest BCUT2D eigenvalue weighted by molar-refractivity contribution is 0.0215. The summed E-state index contributed by atoms with van der Waals surface area (Å²) in [5.41, 5.74) is -0.404. The maximum atomic E-state index is 10.4. The molecule has 0 aliphatic rings. The summed E-state index contributed by atoms with van der Waals surface area (Å²) in [7, 11) is 0. The van der Waals surface area contributed by atoms with Gasteiger partial charge < -0.3 is 4.74 Å². The minimum absolute atomic E-state index is 0.309. The molecule has 0 amide bonds. The lowest BCUT2D eigenvalue weighted by Crippen LogP contribution is -2.31. The van der Waals surface area contributed by atoms with Crippen LogP contribution in [0.3, 0.4) is 0 Å². The predicted molar refractivity (Wildman–Crippen MR) is 44.4 cm³/mol. The van der Waals surface area contributed by atoms with Crippen LogP contribution in [0.5, 0.6) is 0 Å². The van der Waals surface area contributed by atoms with Crippen LogP contribution in [0.25, 0.3) is 0 Å². The fourth-order valence-corrected chi connectivity index (χ4v) is 0.578. The molecule has 60 valence electrons. The molecule has 0 atom stereocenters. The van der Waals surface area contributed by atoms with Crippen molar-refractivity contribution >= 4 is 17.9 Å². The minimum Gasteiger partial charge on any atom is -0.451 e. The van der Waals surface area contributed by atoms with Crippen LogP contribution in [-0.4, -0.2) is 10.9 Å². The summed E-state index contributed by atoms with van der Waals surface area (Å²) >= 11 is 3.52. The van der Waals surface area contributed by atoms with Gasteiger partial charge in [-0.1, -0.05) is 26.5 Å². The molecule has 0 aromatic rings. The van der Waals surface area contributed by atoms with E-state index < -0.39 is 10.9 Å². The Hall–Kier alpha value is -0.180. The maximum Gasteiger partial charge on any atom is 0.364 e. The van der Waals surface area contributed by atoms with E-state index in [9.17, 15) is 4.79 Å². The van der Waals surface area contributed by atoms with Gasteiger partial charge in [0.2, 0.25) is 0 Å². The molecular formula is C7H14O2S. The van der Waals surface area contributed by atoms with Crippen molar-refractivity contribution in [2.75, 3.05) is 0 Å². The van der Waals surface area contributed by atoms with Gasteiger partial charge in [0.1, 0.15) is 5.60 Å². The molecular weight excluding hydrogens is 148 g/mol. The van der Waals surface area contributed by atoms with E-state index in [-0.39, 0.29) is 0 Å². The maximum absolute atomic E-state index is 10.4. The zero-order valence-corrected chi connectivity index (χ0v) is 7.74. The van der Waals surface area contributed by atoms with E-state index in [0.29, 0.717) is 5.92 Å². The first-order chi connectivity index (χ1) is 4.36. The van der Waals surface area contributed by atoms with Crippen molar-refractivity contribution in [1.29, 1.82) is 0 Å². The number of carbonyl (C=O) groups is 1. The Labute approximate surface area is 67.4 Å². The van der Waals surface area contributed by atoms with Gasteiger partial charge in [-0.2, -0.15) is 0 Å². The highest BCUT2D eigenvalue weighted by atomic mass is 32.1. The van der Waals surface area contributed by atoms with Crippen molar-refractivity contribution in [3.8, 4) is 0 Å². The smallest absolute Gasteiger partial charge is 0.364 e. The second-order valence-corrected chi connectivity index (χ2v) is 3.49. The van der Waals surface area contributed by atoms with Crippen LogP contribution in [0.1, 0.15) is 27.7 Å². The molecule has 0 N–H and O–H groups in total. The molecule has 0 fully saturated rings. The van der Waals surface area contributed by atoms with E-state index in [1.54, 1.807) is 0 Å². The van der Waals surface area contributed by atoms with Crippen molar-refractivity contribution in [3.05, 3.63) is 0 Å². The van der Waals surface area contributed by atoms with Gasteiger partial charge in [-0.25, -0.2) is 4.79 Å². The van der Waals surface area contributed by atoms with Crippen LogP contribution in [-0.2, 0) is 4.74 Å². The third kappa shape index (κ3) is 3.11. The van der Waals surface area contributed by atoms with E-state index >= 15 is 0 Å². The molecule has 0 rings (SSSR count). The van der Waals surface area contributed by atoms with E-state index in [1.165, 1.54) is 0 Å². The molecule has 0 saturated heterocycles.